The molecule has 1 amide bonds. The number of amides is 1. The van der Waals surface area contributed by atoms with Crippen molar-refractivity contribution in [2.75, 3.05) is 7.11 Å². The number of hydrogen-bond donors (Lipinski definition) is 1. The largest absolute Gasteiger partial charge is 0.496 e. The summed E-state index contributed by atoms with van der Waals surface area (Å²) in [5.74, 6) is -0.0164. The van der Waals surface area contributed by atoms with E-state index in [1.165, 1.54) is 19.2 Å². The first-order chi connectivity index (χ1) is 9.94. The predicted octanol–water partition coefficient (Wildman–Crippen LogP) is 3.50. The van der Waals surface area contributed by atoms with Crippen LogP contribution in [0.5, 0.6) is 5.75 Å². The third-order valence-electron chi connectivity index (χ3n) is 3.34. The van der Waals surface area contributed by atoms with E-state index >= 15 is 0 Å². The molecule has 3 nitrogen and oxygen atoms in total. The Morgan fingerprint density at radius 1 is 1.10 bits per heavy atom. The maximum Gasteiger partial charge on any atom is 0.255 e. The van der Waals surface area contributed by atoms with Crippen molar-refractivity contribution >= 4 is 5.91 Å². The second-order valence-electron chi connectivity index (χ2n) is 5.29. The Bertz CT molecular complexity index is 635. The fourth-order valence-corrected chi connectivity index (χ4v) is 2.12. The second-order valence-corrected chi connectivity index (χ2v) is 5.29. The summed E-state index contributed by atoms with van der Waals surface area (Å²) in [5.41, 5.74) is 0.674. The maximum absolute atomic E-state index is 13.0. The van der Waals surface area contributed by atoms with E-state index in [9.17, 15) is 9.18 Å². The van der Waals surface area contributed by atoms with Crippen molar-refractivity contribution in [3.8, 4) is 5.75 Å². The summed E-state index contributed by atoms with van der Waals surface area (Å²) < 4.78 is 18.2. The minimum Gasteiger partial charge on any atom is -0.496 e. The quantitative estimate of drug-likeness (QED) is 0.934. The molecule has 0 aromatic heterocycles. The van der Waals surface area contributed by atoms with Gasteiger partial charge in [0.1, 0.15) is 11.6 Å². The van der Waals surface area contributed by atoms with Crippen LogP contribution in [0.2, 0.25) is 0 Å². The number of benzene rings is 2. The van der Waals surface area contributed by atoms with Crippen LogP contribution in [0.1, 0.15) is 29.8 Å². The molecule has 0 aliphatic rings. The van der Waals surface area contributed by atoms with Crippen molar-refractivity contribution in [2.24, 2.45) is 0 Å². The minimum absolute atomic E-state index is 0.234. The number of nitrogens with one attached hydrogen (secondary N) is 1. The monoisotopic (exact) mass is 287 g/mol. The normalized spacial score (nSPS) is 11.0. The summed E-state index contributed by atoms with van der Waals surface area (Å²) in [6.45, 7) is 3.74. The average molecular weight is 287 g/mol. The molecule has 2 rings (SSSR count). The van der Waals surface area contributed by atoms with Crippen molar-refractivity contribution in [1.29, 1.82) is 0 Å². The average Bonchev–Trinajstić information content (AvgIpc) is 2.47. The van der Waals surface area contributed by atoms with E-state index in [0.717, 1.165) is 5.56 Å². The van der Waals surface area contributed by atoms with Gasteiger partial charge in [-0.2, -0.15) is 0 Å². The van der Waals surface area contributed by atoms with Crippen LogP contribution in [-0.2, 0) is 5.54 Å². The number of carbonyl (C=O) groups excluding carboxylic acids is 1. The summed E-state index contributed by atoms with van der Waals surface area (Å²) in [5, 5.41) is 2.94. The summed E-state index contributed by atoms with van der Waals surface area (Å²) >= 11 is 0. The first-order valence-corrected chi connectivity index (χ1v) is 6.65. The summed E-state index contributed by atoms with van der Waals surface area (Å²) in [6, 6.07) is 13.1. The number of carbonyl (C=O) groups is 1. The zero-order chi connectivity index (χ0) is 15.5. The Morgan fingerprint density at radius 2 is 1.71 bits per heavy atom. The highest BCUT2D eigenvalue weighted by Gasteiger charge is 2.24. The highest BCUT2D eigenvalue weighted by molar-refractivity contribution is 5.97. The fourth-order valence-electron chi connectivity index (χ4n) is 2.12. The topological polar surface area (TPSA) is 38.3 Å². The number of ether oxygens (including phenoxy) is 1. The summed E-state index contributed by atoms with van der Waals surface area (Å²) in [4.78, 5) is 12.4. The lowest BCUT2D eigenvalue weighted by Crippen LogP contribution is -2.41. The number of methoxy groups -OCH3 is 1. The van der Waals surface area contributed by atoms with Gasteiger partial charge in [0.2, 0.25) is 0 Å². The van der Waals surface area contributed by atoms with Crippen LogP contribution in [0, 0.1) is 5.82 Å². The van der Waals surface area contributed by atoms with Crippen molar-refractivity contribution < 1.29 is 13.9 Å². The Balaban J connectivity index is 2.23. The molecular weight excluding hydrogens is 269 g/mol. The zero-order valence-electron chi connectivity index (χ0n) is 12.3. The molecule has 0 fully saturated rings. The third-order valence-corrected chi connectivity index (χ3v) is 3.34. The standard InChI is InChI=1S/C17H18FNO2/c1-17(2,12-8-10-13(18)11-9-12)19-16(20)14-6-4-5-7-15(14)21-3/h4-11H,1-3H3,(H,19,20). The van der Waals surface area contributed by atoms with Crippen LogP contribution in [-0.4, -0.2) is 13.0 Å². The molecule has 4 heteroatoms. The Labute approximate surface area is 123 Å². The molecule has 0 heterocycles. The van der Waals surface area contributed by atoms with Gasteiger partial charge in [-0.15, -0.1) is 0 Å². The molecule has 1 N–H and O–H groups in total. The van der Waals surface area contributed by atoms with Gasteiger partial charge in [-0.05, 0) is 43.7 Å². The SMILES string of the molecule is COc1ccccc1C(=O)NC(C)(C)c1ccc(F)cc1. The van der Waals surface area contributed by atoms with Crippen LogP contribution >= 0.6 is 0 Å². The van der Waals surface area contributed by atoms with Crippen LogP contribution in [0.25, 0.3) is 0 Å². The van der Waals surface area contributed by atoms with E-state index in [-0.39, 0.29) is 11.7 Å². The molecule has 0 bridgehead atoms. The molecule has 0 spiro atoms. The third kappa shape index (κ3) is 3.40. The summed E-state index contributed by atoms with van der Waals surface area (Å²) in [7, 11) is 1.53. The van der Waals surface area contributed by atoms with Crippen LogP contribution in [0.4, 0.5) is 4.39 Å². The lowest BCUT2D eigenvalue weighted by atomic mass is 9.93. The zero-order valence-corrected chi connectivity index (χ0v) is 12.3. The molecule has 21 heavy (non-hydrogen) atoms. The van der Waals surface area contributed by atoms with Gasteiger partial charge in [-0.3, -0.25) is 4.79 Å². The molecule has 0 aliphatic heterocycles. The van der Waals surface area contributed by atoms with Crippen molar-refractivity contribution in [3.05, 3.63) is 65.5 Å². The van der Waals surface area contributed by atoms with E-state index in [0.29, 0.717) is 11.3 Å². The molecule has 0 saturated heterocycles. The Kier molecular flexibility index (Phi) is 4.26. The predicted molar refractivity (Wildman–Crippen MR) is 79.9 cm³/mol. The van der Waals surface area contributed by atoms with Gasteiger partial charge in [0.15, 0.2) is 0 Å². The molecule has 0 unspecified atom stereocenters. The van der Waals surface area contributed by atoms with E-state index < -0.39 is 5.54 Å². The highest BCUT2D eigenvalue weighted by atomic mass is 19.1. The smallest absolute Gasteiger partial charge is 0.255 e. The van der Waals surface area contributed by atoms with Gasteiger partial charge in [0.25, 0.3) is 5.91 Å². The van der Waals surface area contributed by atoms with Gasteiger partial charge in [0, 0.05) is 0 Å². The summed E-state index contributed by atoms with van der Waals surface area (Å²) in [6.07, 6.45) is 0. The second kappa shape index (κ2) is 5.95. The Hall–Kier alpha value is -2.36. The number of halogens is 1. The molecule has 2 aromatic rings. The van der Waals surface area contributed by atoms with Crippen LogP contribution < -0.4 is 10.1 Å². The van der Waals surface area contributed by atoms with E-state index in [1.807, 2.05) is 13.8 Å². The Morgan fingerprint density at radius 3 is 2.33 bits per heavy atom. The lowest BCUT2D eigenvalue weighted by Gasteiger charge is -2.27. The lowest BCUT2D eigenvalue weighted by molar-refractivity contribution is 0.0909. The number of hydrogen-bond acceptors (Lipinski definition) is 2. The van der Waals surface area contributed by atoms with Crippen molar-refractivity contribution in [1.82, 2.24) is 5.32 Å². The van der Waals surface area contributed by atoms with Gasteiger partial charge in [0.05, 0.1) is 18.2 Å². The molecule has 0 saturated carbocycles. The van der Waals surface area contributed by atoms with E-state index in [2.05, 4.69) is 5.32 Å². The number of para-hydroxylation sites is 1. The van der Waals surface area contributed by atoms with Gasteiger partial charge < -0.3 is 10.1 Å². The van der Waals surface area contributed by atoms with E-state index in [4.69, 9.17) is 4.74 Å². The molecular formula is C17H18FNO2. The maximum atomic E-state index is 13.0. The van der Waals surface area contributed by atoms with E-state index in [1.54, 1.807) is 36.4 Å². The van der Waals surface area contributed by atoms with Crippen molar-refractivity contribution in [3.63, 3.8) is 0 Å². The van der Waals surface area contributed by atoms with Gasteiger partial charge in [-0.1, -0.05) is 24.3 Å². The first kappa shape index (κ1) is 15.0. The minimum atomic E-state index is -0.619. The molecule has 0 atom stereocenters. The number of rotatable bonds is 4. The van der Waals surface area contributed by atoms with Crippen LogP contribution in [0.15, 0.2) is 48.5 Å². The van der Waals surface area contributed by atoms with Gasteiger partial charge in [-0.25, -0.2) is 4.39 Å². The highest BCUT2D eigenvalue weighted by Crippen LogP contribution is 2.23. The molecule has 0 radical (unpaired) electrons. The molecule has 2 aromatic carbocycles. The van der Waals surface area contributed by atoms with Crippen molar-refractivity contribution in [2.45, 2.75) is 19.4 Å². The molecule has 110 valence electrons. The van der Waals surface area contributed by atoms with Gasteiger partial charge >= 0.3 is 0 Å². The van der Waals surface area contributed by atoms with Crippen LogP contribution in [0.3, 0.4) is 0 Å². The molecule has 0 aliphatic carbocycles. The fraction of sp³-hybridized carbons (Fsp3) is 0.235. The first-order valence-electron chi connectivity index (χ1n) is 6.65.